The number of aryl methyl sites for hydroxylation is 1. The van der Waals surface area contributed by atoms with Crippen molar-refractivity contribution in [3.63, 3.8) is 0 Å². The number of fused-ring (bicyclic) bond motifs is 5. The van der Waals surface area contributed by atoms with Crippen LogP contribution in [0.5, 0.6) is 0 Å². The second kappa shape index (κ2) is 38.3. The Labute approximate surface area is 630 Å². The standard InChI is InChI=1S/C21H20N.C19H18N.C15H8F2N.2C13H8NS.5Ir/c1-2-6-16(7-3-1)17-10-12-18(13-11-17)21-14-19-8-4-5-9-20(19)15-22-21;1-2-3-6-15-9-11-16(12-10-15)19-13-17-7-4-5-8-18(17)14-20-19;16-12-5-6-13(14(17)8-12)15-7-10-3-1-2-4-11(10)9-18-15;2*1-2-4-11-8-14-13(7-10(11)3-1)12-5-6-15-9-12;;;;;/h4-5,8-12,14-16H,1-3,6-7H2;4-5,7-11,13-14H,2-3,6H2,1H3;1-5,7-9H;1-4,6-9H;1-8H;;;;;/q5*-1;;;;;. The Balaban J connectivity index is 0.000000167. The average molecular weight is 2170 g/mol. The molecule has 7 heterocycles. The van der Waals surface area contributed by atoms with Gasteiger partial charge in [0.05, 0.1) is 0 Å². The summed E-state index contributed by atoms with van der Waals surface area (Å²) in [5.74, 6) is -0.557. The van der Waals surface area contributed by atoms with Crippen molar-refractivity contribution in [2.75, 3.05) is 0 Å². The number of rotatable bonds is 9. The molecule has 0 atom stereocenters. The Kier molecular flexibility index (Phi) is 30.5. The fourth-order valence-corrected chi connectivity index (χ4v) is 12.1. The molecule has 5 nitrogen and oxygen atoms in total. The summed E-state index contributed by atoms with van der Waals surface area (Å²) in [5.41, 5.74) is 11.7. The molecule has 0 bridgehead atoms. The Morgan fingerprint density at radius 3 is 1.25 bits per heavy atom. The van der Waals surface area contributed by atoms with Crippen molar-refractivity contribution in [2.45, 2.75) is 64.2 Å². The molecule has 0 unspecified atom stereocenters. The predicted octanol–water partition coefficient (Wildman–Crippen LogP) is 22.3. The molecular formula is C81H62F2Ir5N5S2-5. The van der Waals surface area contributed by atoms with Crippen LogP contribution in [0, 0.1) is 41.3 Å². The third-order valence-electron chi connectivity index (χ3n) is 15.9. The molecule has 95 heavy (non-hydrogen) atoms. The summed E-state index contributed by atoms with van der Waals surface area (Å²) in [7, 11) is 0. The van der Waals surface area contributed by atoms with E-state index in [4.69, 9.17) is 0 Å². The van der Waals surface area contributed by atoms with Crippen molar-refractivity contribution in [2.24, 2.45) is 0 Å². The fraction of sp³-hybridized carbons (Fsp3) is 0.123. The molecule has 0 amide bonds. The molecule has 7 aromatic heterocycles. The number of pyridine rings is 5. The molecule has 16 rings (SSSR count). The Morgan fingerprint density at radius 1 is 0.421 bits per heavy atom. The van der Waals surface area contributed by atoms with E-state index in [1.54, 1.807) is 34.9 Å². The minimum atomic E-state index is -0.655. The maximum absolute atomic E-state index is 13.6. The van der Waals surface area contributed by atoms with Crippen LogP contribution < -0.4 is 0 Å². The van der Waals surface area contributed by atoms with Crippen LogP contribution >= 0.6 is 22.7 Å². The van der Waals surface area contributed by atoms with E-state index >= 15 is 0 Å². The number of hydrogen-bond acceptors (Lipinski definition) is 7. The van der Waals surface area contributed by atoms with Crippen LogP contribution in [0.25, 0.3) is 110 Å². The number of thiophene rings is 2. The molecule has 1 fully saturated rings. The van der Waals surface area contributed by atoms with E-state index in [-0.39, 0.29) is 106 Å². The zero-order valence-electron chi connectivity index (χ0n) is 51.5. The number of aromatic nitrogens is 5. The molecule has 0 saturated heterocycles. The predicted molar refractivity (Wildman–Crippen MR) is 370 cm³/mol. The van der Waals surface area contributed by atoms with Crippen LogP contribution in [0.2, 0.25) is 0 Å². The van der Waals surface area contributed by atoms with E-state index in [9.17, 15) is 8.78 Å². The first-order valence-corrected chi connectivity index (χ1v) is 32.2. The summed E-state index contributed by atoms with van der Waals surface area (Å²) >= 11 is 3.22. The van der Waals surface area contributed by atoms with Gasteiger partial charge in [0, 0.05) is 143 Å². The van der Waals surface area contributed by atoms with Gasteiger partial charge in [-0.05, 0) is 82.3 Å². The SMILES string of the molecule is CCCCc1c[c-]c(-c2cc3ccccc3cn2)cc1.Fc1c[c-]c(-c2cc3ccccc3cn2)c(F)c1.[Ir].[Ir].[Ir].[Ir].[Ir].[c-]1cc(C2CCCCC2)ccc1-c1cc2ccccc2cn1.[c-]1cscc1-c1cc2ccccc2cn1.[c-]1sccc1-c1cc2ccccc2cn1. The van der Waals surface area contributed by atoms with Gasteiger partial charge in [0.2, 0.25) is 0 Å². The number of hydrogen-bond donors (Lipinski definition) is 0. The Bertz CT molecular complexity index is 4690. The van der Waals surface area contributed by atoms with Crippen LogP contribution in [-0.4, -0.2) is 24.9 Å². The quantitative estimate of drug-likeness (QED) is 0.135. The van der Waals surface area contributed by atoms with Crippen LogP contribution in [0.1, 0.15) is 68.9 Å². The number of unbranched alkanes of at least 4 members (excludes halogenated alkanes) is 1. The van der Waals surface area contributed by atoms with Crippen LogP contribution in [0.4, 0.5) is 8.78 Å². The zero-order chi connectivity index (χ0) is 61.3. The molecule has 1 aliphatic carbocycles. The van der Waals surface area contributed by atoms with Crippen LogP contribution in [0.3, 0.4) is 0 Å². The summed E-state index contributed by atoms with van der Waals surface area (Å²) in [6, 6.07) is 80.7. The van der Waals surface area contributed by atoms with Gasteiger partial charge in [-0.3, -0.25) is 20.1 Å². The largest absolute Gasteiger partial charge is 0.320 e. The molecule has 14 heteroatoms. The molecule has 487 valence electrons. The number of nitrogens with zero attached hydrogens (tertiary/aromatic N) is 5. The van der Waals surface area contributed by atoms with E-state index in [0.29, 0.717) is 5.69 Å². The van der Waals surface area contributed by atoms with Gasteiger partial charge < -0.3 is 24.9 Å². The van der Waals surface area contributed by atoms with E-state index in [2.05, 4.69) is 194 Å². The fourth-order valence-electron chi connectivity index (χ4n) is 11.0. The van der Waals surface area contributed by atoms with Gasteiger partial charge in [0.25, 0.3) is 0 Å². The van der Waals surface area contributed by atoms with Crippen molar-refractivity contribution >= 4 is 76.5 Å². The first-order chi connectivity index (χ1) is 44.4. The molecule has 8 aromatic carbocycles. The van der Waals surface area contributed by atoms with E-state index in [0.717, 1.165) is 80.3 Å². The molecule has 5 radical (unpaired) electrons. The van der Waals surface area contributed by atoms with E-state index < -0.39 is 11.6 Å². The number of halogens is 2. The minimum absolute atomic E-state index is 0. The van der Waals surface area contributed by atoms with Crippen molar-refractivity contribution in [1.82, 2.24) is 24.9 Å². The smallest absolute Gasteiger partial charge is 0.0408 e. The van der Waals surface area contributed by atoms with Gasteiger partial charge in [-0.15, -0.1) is 99.2 Å². The molecule has 0 spiro atoms. The molecule has 0 aliphatic heterocycles. The topological polar surface area (TPSA) is 64.5 Å². The maximum Gasteiger partial charge on any atom is 0.0408 e. The van der Waals surface area contributed by atoms with E-state index in [1.165, 1.54) is 99.2 Å². The van der Waals surface area contributed by atoms with Crippen molar-refractivity contribution < 1.29 is 109 Å². The van der Waals surface area contributed by atoms with E-state index in [1.807, 2.05) is 96.2 Å². The summed E-state index contributed by atoms with van der Waals surface area (Å²) in [6.45, 7) is 2.22. The second-order valence-electron chi connectivity index (χ2n) is 22.1. The monoisotopic (exact) mass is 2170 g/mol. The zero-order valence-corrected chi connectivity index (χ0v) is 65.1. The molecule has 0 N–H and O–H groups in total. The third kappa shape index (κ3) is 20.4. The summed E-state index contributed by atoms with van der Waals surface area (Å²) in [6.07, 6.45) is 19.8. The van der Waals surface area contributed by atoms with Crippen LogP contribution in [-0.2, 0) is 107 Å². The van der Waals surface area contributed by atoms with Crippen molar-refractivity contribution in [1.29, 1.82) is 0 Å². The van der Waals surface area contributed by atoms with Gasteiger partial charge in [-0.2, -0.15) is 17.7 Å². The third-order valence-corrected chi connectivity index (χ3v) is 17.2. The average Bonchev–Trinajstić information content (AvgIpc) is 0.982. The first kappa shape index (κ1) is 75.7. The molecular weight excluding hydrogens is 2110 g/mol. The van der Waals surface area contributed by atoms with Crippen LogP contribution in [0.15, 0.2) is 253 Å². The molecule has 1 saturated carbocycles. The Hall–Kier alpha value is -6.68. The summed E-state index contributed by atoms with van der Waals surface area (Å²) in [5, 5.41) is 20.8. The number of benzene rings is 8. The van der Waals surface area contributed by atoms with Gasteiger partial charge in [-0.25, -0.2) is 11.3 Å². The normalized spacial score (nSPS) is 11.4. The first-order valence-electron chi connectivity index (χ1n) is 30.4. The maximum atomic E-state index is 13.6. The van der Waals surface area contributed by atoms with Gasteiger partial charge in [0.1, 0.15) is 0 Å². The minimum Gasteiger partial charge on any atom is -0.320 e. The molecule has 15 aromatic rings. The summed E-state index contributed by atoms with van der Waals surface area (Å²) < 4.78 is 26.4. The molecule has 1 aliphatic rings. The second-order valence-corrected chi connectivity index (χ2v) is 23.5. The van der Waals surface area contributed by atoms with Crippen molar-refractivity contribution in [3.8, 4) is 56.3 Å². The van der Waals surface area contributed by atoms with Crippen molar-refractivity contribution in [3.05, 3.63) is 306 Å². The van der Waals surface area contributed by atoms with Gasteiger partial charge in [0.15, 0.2) is 0 Å². The van der Waals surface area contributed by atoms with Gasteiger partial charge >= 0.3 is 0 Å². The Morgan fingerprint density at radius 2 is 0.853 bits per heavy atom. The van der Waals surface area contributed by atoms with Gasteiger partial charge in [-0.1, -0.05) is 238 Å². The summed E-state index contributed by atoms with van der Waals surface area (Å²) in [4.78, 5) is 22.1.